The highest BCUT2D eigenvalue weighted by Gasteiger charge is 2.35. The van der Waals surface area contributed by atoms with Gasteiger partial charge in [0.05, 0.1) is 22.6 Å². The van der Waals surface area contributed by atoms with Gasteiger partial charge in [-0.25, -0.2) is 14.5 Å². The number of pyridine rings is 1. The highest BCUT2D eigenvalue weighted by molar-refractivity contribution is 6.00. The smallest absolute Gasteiger partial charge is 0.418 e. The summed E-state index contributed by atoms with van der Waals surface area (Å²) >= 11 is 0. The summed E-state index contributed by atoms with van der Waals surface area (Å²) in [5.74, 6) is -0.0763. The highest BCUT2D eigenvalue weighted by Crippen LogP contribution is 2.41. The number of rotatable bonds is 7. The molecule has 0 fully saturated rings. The predicted molar refractivity (Wildman–Crippen MR) is 162 cm³/mol. The van der Waals surface area contributed by atoms with Gasteiger partial charge in [-0.15, -0.1) is 0 Å². The number of anilines is 3. The molecule has 0 aliphatic carbocycles. The average Bonchev–Trinajstić information content (AvgIpc) is 3.37. The van der Waals surface area contributed by atoms with Crippen molar-refractivity contribution in [3.63, 3.8) is 0 Å². The number of fused-ring (bicyclic) bond motifs is 1. The Morgan fingerprint density at radius 1 is 1.07 bits per heavy atom. The van der Waals surface area contributed by atoms with Gasteiger partial charge in [0.1, 0.15) is 11.6 Å². The average molecular weight is 624 g/mol. The molecule has 14 heteroatoms. The molecule has 5 rings (SSSR count). The van der Waals surface area contributed by atoms with E-state index in [0.29, 0.717) is 11.4 Å². The number of halogens is 3. The van der Waals surface area contributed by atoms with Gasteiger partial charge in [-0.1, -0.05) is 32.9 Å². The van der Waals surface area contributed by atoms with E-state index in [9.17, 15) is 22.8 Å². The maximum atomic E-state index is 14.2. The second-order valence-corrected chi connectivity index (χ2v) is 11.7. The Balaban J connectivity index is 1.39. The van der Waals surface area contributed by atoms with Crippen molar-refractivity contribution in [3.05, 3.63) is 77.6 Å². The summed E-state index contributed by atoms with van der Waals surface area (Å²) < 4.78 is 55.1. The van der Waals surface area contributed by atoms with Gasteiger partial charge in [-0.2, -0.15) is 18.3 Å². The Labute approximate surface area is 257 Å². The molecule has 0 atom stereocenters. The van der Waals surface area contributed by atoms with E-state index in [4.69, 9.17) is 9.47 Å². The van der Waals surface area contributed by atoms with E-state index in [1.165, 1.54) is 18.3 Å². The molecule has 4 aromatic rings. The molecule has 45 heavy (non-hydrogen) atoms. The van der Waals surface area contributed by atoms with E-state index in [1.54, 1.807) is 10.7 Å². The second kappa shape index (κ2) is 12.1. The number of nitrogens with zero attached hydrogens (tertiary/aromatic N) is 4. The van der Waals surface area contributed by atoms with Crippen molar-refractivity contribution in [3.8, 4) is 22.9 Å². The lowest BCUT2D eigenvalue weighted by atomic mass is 9.92. The number of hydrogen-bond donors (Lipinski definition) is 3. The fraction of sp³-hybridized carbons (Fsp3) is 0.290. The summed E-state index contributed by atoms with van der Waals surface area (Å²) in [6.45, 7) is 6.34. The van der Waals surface area contributed by atoms with Gasteiger partial charge in [0.2, 0.25) is 5.75 Å². The Bertz CT molecular complexity index is 1730. The molecular formula is C31H32F3N7O4. The van der Waals surface area contributed by atoms with Crippen LogP contribution in [0.3, 0.4) is 0 Å². The normalized spacial score (nSPS) is 13.1. The van der Waals surface area contributed by atoms with Gasteiger partial charge >= 0.3 is 12.2 Å². The van der Waals surface area contributed by atoms with Crippen LogP contribution in [0.2, 0.25) is 0 Å². The minimum absolute atomic E-state index is 0.0595. The van der Waals surface area contributed by atoms with Crippen molar-refractivity contribution in [1.29, 1.82) is 0 Å². The number of benzene rings is 2. The number of alkyl halides is 3. The molecule has 2 aromatic carbocycles. The van der Waals surface area contributed by atoms with E-state index in [1.807, 2.05) is 64.0 Å². The van der Waals surface area contributed by atoms with Crippen LogP contribution in [0.15, 0.2) is 60.8 Å². The Hall–Kier alpha value is -5.11. The predicted octanol–water partition coefficient (Wildman–Crippen LogP) is 6.41. The molecule has 0 saturated carbocycles. The number of ether oxygens (including phenoxy) is 2. The zero-order chi connectivity index (χ0) is 32.5. The Morgan fingerprint density at radius 2 is 1.80 bits per heavy atom. The molecule has 0 radical (unpaired) electrons. The van der Waals surface area contributed by atoms with E-state index >= 15 is 0 Å². The van der Waals surface area contributed by atoms with Gasteiger partial charge in [0.15, 0.2) is 18.2 Å². The molecule has 2 aromatic heterocycles. The Morgan fingerprint density at radius 3 is 2.47 bits per heavy atom. The van der Waals surface area contributed by atoms with E-state index in [2.05, 4.69) is 26.0 Å². The standard InChI is InChI=1S/C31H32F3N7O4/c1-30(2,3)24-15-25(41(39-24)19-8-6-18(7-9-19)16-40(4)5)37-29(43)36-22-11-10-20(14-21(22)31(32,33)34)45-23-12-13-35-28-27(23)44-17-26(42)38-28/h6-15H,16-17H2,1-5H3,(H,35,38,42)(H2,36,37,43). The molecule has 1 aliphatic rings. The number of nitrogens with one attached hydrogen (secondary N) is 3. The summed E-state index contributed by atoms with van der Waals surface area (Å²) in [5.41, 5.74) is 0.439. The number of hydrogen-bond acceptors (Lipinski definition) is 7. The fourth-order valence-electron chi connectivity index (χ4n) is 4.51. The van der Waals surface area contributed by atoms with Crippen LogP contribution in [-0.2, 0) is 22.9 Å². The summed E-state index contributed by atoms with van der Waals surface area (Å²) in [6.07, 6.45) is -3.51. The molecule has 0 bridgehead atoms. The van der Waals surface area contributed by atoms with E-state index < -0.39 is 29.4 Å². The van der Waals surface area contributed by atoms with Gasteiger partial charge < -0.3 is 25.0 Å². The van der Waals surface area contributed by atoms with Crippen molar-refractivity contribution < 1.29 is 32.2 Å². The first kappa shape index (κ1) is 31.3. The number of urea groups is 1. The lowest BCUT2D eigenvalue weighted by Crippen LogP contribution is -2.26. The van der Waals surface area contributed by atoms with E-state index in [0.717, 1.165) is 24.2 Å². The summed E-state index contributed by atoms with van der Waals surface area (Å²) in [5, 5.41) is 12.2. The first-order valence-corrected chi connectivity index (χ1v) is 13.9. The van der Waals surface area contributed by atoms with Crippen LogP contribution in [0.4, 0.5) is 35.3 Å². The summed E-state index contributed by atoms with van der Waals surface area (Å²) in [4.78, 5) is 30.7. The van der Waals surface area contributed by atoms with Crippen LogP contribution in [0.1, 0.15) is 37.6 Å². The summed E-state index contributed by atoms with van der Waals surface area (Å²) in [6, 6.07) is 12.9. The number of carbonyl (C=O) groups is 2. The molecule has 11 nitrogen and oxygen atoms in total. The van der Waals surface area contributed by atoms with Crippen molar-refractivity contribution in [2.24, 2.45) is 0 Å². The number of carbonyl (C=O) groups excluding carboxylic acids is 2. The monoisotopic (exact) mass is 623 g/mol. The molecular weight excluding hydrogens is 591 g/mol. The molecule has 3 amide bonds. The second-order valence-electron chi connectivity index (χ2n) is 11.7. The molecule has 1 aliphatic heterocycles. The van der Waals surface area contributed by atoms with Crippen LogP contribution in [0.5, 0.6) is 17.2 Å². The highest BCUT2D eigenvalue weighted by atomic mass is 19.4. The quantitative estimate of drug-likeness (QED) is 0.217. The van der Waals surface area contributed by atoms with Gasteiger partial charge in [0, 0.05) is 30.3 Å². The first-order chi connectivity index (χ1) is 21.2. The SMILES string of the molecule is CN(C)Cc1ccc(-n2nc(C(C)(C)C)cc2NC(=O)Nc2ccc(Oc3ccnc4c3OCC(=O)N4)cc2C(F)(F)F)cc1. The molecule has 236 valence electrons. The van der Waals surface area contributed by atoms with Crippen LogP contribution < -0.4 is 25.4 Å². The zero-order valence-corrected chi connectivity index (χ0v) is 25.2. The maximum absolute atomic E-state index is 14.2. The molecule has 0 saturated heterocycles. The Kier molecular flexibility index (Phi) is 8.43. The van der Waals surface area contributed by atoms with Gasteiger partial charge in [0.25, 0.3) is 5.91 Å². The third-order valence-corrected chi connectivity index (χ3v) is 6.65. The van der Waals surface area contributed by atoms with E-state index in [-0.39, 0.29) is 40.9 Å². The largest absolute Gasteiger partial charge is 0.476 e. The maximum Gasteiger partial charge on any atom is 0.418 e. The zero-order valence-electron chi connectivity index (χ0n) is 25.2. The third-order valence-electron chi connectivity index (χ3n) is 6.65. The van der Waals surface area contributed by atoms with Crippen LogP contribution in [0, 0.1) is 0 Å². The lowest BCUT2D eigenvalue weighted by molar-refractivity contribution is -0.137. The molecule has 0 unspecified atom stereocenters. The molecule has 3 heterocycles. The third kappa shape index (κ3) is 7.34. The first-order valence-electron chi connectivity index (χ1n) is 13.9. The number of amides is 3. The lowest BCUT2D eigenvalue weighted by Gasteiger charge is -2.20. The van der Waals surface area contributed by atoms with Gasteiger partial charge in [-0.05, 0) is 50.0 Å². The van der Waals surface area contributed by atoms with Crippen LogP contribution in [-0.4, -0.2) is 52.3 Å². The topological polar surface area (TPSA) is 123 Å². The van der Waals surface area contributed by atoms with Crippen molar-refractivity contribution >= 4 is 29.3 Å². The number of aromatic nitrogens is 3. The van der Waals surface area contributed by atoms with Crippen molar-refractivity contribution in [1.82, 2.24) is 19.7 Å². The minimum Gasteiger partial charge on any atom is -0.476 e. The van der Waals surface area contributed by atoms with Crippen molar-refractivity contribution in [2.45, 2.75) is 38.9 Å². The fourth-order valence-corrected chi connectivity index (χ4v) is 4.51. The van der Waals surface area contributed by atoms with Crippen LogP contribution in [0.25, 0.3) is 5.69 Å². The van der Waals surface area contributed by atoms with Gasteiger partial charge in [-0.3, -0.25) is 10.1 Å². The van der Waals surface area contributed by atoms with Crippen molar-refractivity contribution in [2.75, 3.05) is 36.7 Å². The van der Waals surface area contributed by atoms with Crippen LogP contribution >= 0.6 is 0 Å². The summed E-state index contributed by atoms with van der Waals surface area (Å²) in [7, 11) is 3.93. The molecule has 3 N–H and O–H groups in total. The molecule has 0 spiro atoms. The minimum atomic E-state index is -4.83.